The molecule has 0 aliphatic carbocycles. The quantitative estimate of drug-likeness (QED) is 0.649. The Morgan fingerprint density at radius 2 is 1.80 bits per heavy atom. The van der Waals surface area contributed by atoms with Crippen molar-refractivity contribution < 1.29 is 9.21 Å². The minimum atomic E-state index is -0.375. The van der Waals surface area contributed by atoms with Gasteiger partial charge in [0.25, 0.3) is 5.22 Å². The van der Waals surface area contributed by atoms with E-state index in [1.54, 1.807) is 31.2 Å². The zero-order valence-electron chi connectivity index (χ0n) is 13.7. The van der Waals surface area contributed by atoms with Crippen LogP contribution in [0.4, 0.5) is 5.69 Å². The fourth-order valence-corrected chi connectivity index (χ4v) is 2.86. The lowest BCUT2D eigenvalue weighted by Gasteiger charge is -2.10. The predicted octanol–water partition coefficient (Wildman–Crippen LogP) is 4.82. The number of aryl methyl sites for hydroxylation is 1. The van der Waals surface area contributed by atoms with Gasteiger partial charge in [0.1, 0.15) is 0 Å². The van der Waals surface area contributed by atoms with Gasteiger partial charge in [-0.1, -0.05) is 41.1 Å². The molecule has 3 aromatic rings. The van der Waals surface area contributed by atoms with Gasteiger partial charge in [-0.2, -0.15) is 0 Å². The highest BCUT2D eigenvalue weighted by Crippen LogP contribution is 2.27. The van der Waals surface area contributed by atoms with Gasteiger partial charge in [-0.3, -0.25) is 4.79 Å². The molecule has 128 valence electrons. The zero-order chi connectivity index (χ0) is 17.8. The smallest absolute Gasteiger partial charge is 0.277 e. The number of halogens is 1. The first-order chi connectivity index (χ1) is 12.0. The van der Waals surface area contributed by atoms with Gasteiger partial charge < -0.3 is 9.73 Å². The highest BCUT2D eigenvalue weighted by atomic mass is 35.5. The Morgan fingerprint density at radius 3 is 2.48 bits per heavy atom. The molecule has 0 spiro atoms. The minimum absolute atomic E-state index is 0.125. The Kier molecular flexibility index (Phi) is 5.40. The van der Waals surface area contributed by atoms with Crippen LogP contribution in [-0.4, -0.2) is 21.4 Å². The standard InChI is InChI=1S/C18H16ClN3O2S/c1-11-3-9-15(10-4-11)20-16(23)12(2)25-18-22-21-17(24-18)13-5-7-14(19)8-6-13/h3-10,12H,1-2H3,(H,20,23)/t12-/m0/s1. The number of carbonyl (C=O) groups excluding carboxylic acids is 1. The molecule has 5 nitrogen and oxygen atoms in total. The van der Waals surface area contributed by atoms with Crippen LogP contribution in [0.15, 0.2) is 58.2 Å². The summed E-state index contributed by atoms with van der Waals surface area (Å²) >= 11 is 7.08. The first-order valence-corrected chi connectivity index (χ1v) is 8.90. The van der Waals surface area contributed by atoms with Gasteiger partial charge in [0.05, 0.1) is 5.25 Å². The van der Waals surface area contributed by atoms with Crippen molar-refractivity contribution >= 4 is 35.0 Å². The van der Waals surface area contributed by atoms with Gasteiger partial charge in [-0.05, 0) is 50.2 Å². The Balaban J connectivity index is 1.62. The molecule has 0 saturated heterocycles. The molecule has 3 rings (SSSR count). The molecule has 0 aliphatic rings. The summed E-state index contributed by atoms with van der Waals surface area (Å²) in [5, 5.41) is 11.5. The van der Waals surface area contributed by atoms with Crippen molar-refractivity contribution in [3.8, 4) is 11.5 Å². The molecule has 1 atom stereocenters. The van der Waals surface area contributed by atoms with Crippen molar-refractivity contribution in [1.82, 2.24) is 10.2 Å². The topological polar surface area (TPSA) is 68.0 Å². The number of hydrogen-bond acceptors (Lipinski definition) is 5. The van der Waals surface area contributed by atoms with Crippen LogP contribution in [0.2, 0.25) is 5.02 Å². The van der Waals surface area contributed by atoms with Crippen LogP contribution in [0.3, 0.4) is 0 Å². The molecule has 2 aromatic carbocycles. The van der Waals surface area contributed by atoms with E-state index in [9.17, 15) is 4.79 Å². The van der Waals surface area contributed by atoms with Crippen LogP contribution in [0.5, 0.6) is 0 Å². The van der Waals surface area contributed by atoms with Gasteiger partial charge in [-0.15, -0.1) is 10.2 Å². The van der Waals surface area contributed by atoms with Crippen LogP contribution >= 0.6 is 23.4 Å². The van der Waals surface area contributed by atoms with E-state index in [-0.39, 0.29) is 11.2 Å². The SMILES string of the molecule is Cc1ccc(NC(=O)[C@H](C)Sc2nnc(-c3ccc(Cl)cc3)o2)cc1. The van der Waals surface area contributed by atoms with E-state index >= 15 is 0 Å². The molecular formula is C18H16ClN3O2S. The predicted molar refractivity (Wildman–Crippen MR) is 99.9 cm³/mol. The van der Waals surface area contributed by atoms with Gasteiger partial charge in [0.15, 0.2) is 0 Å². The first kappa shape index (κ1) is 17.5. The average molecular weight is 374 g/mol. The van der Waals surface area contributed by atoms with Crippen LogP contribution in [0.25, 0.3) is 11.5 Å². The third-order valence-electron chi connectivity index (χ3n) is 3.46. The maximum absolute atomic E-state index is 12.3. The molecule has 7 heteroatoms. The average Bonchev–Trinajstić information content (AvgIpc) is 3.06. The molecule has 1 N–H and O–H groups in total. The molecule has 0 saturated carbocycles. The van der Waals surface area contributed by atoms with Crippen molar-refractivity contribution in [3.63, 3.8) is 0 Å². The van der Waals surface area contributed by atoms with E-state index in [1.165, 1.54) is 11.8 Å². The van der Waals surface area contributed by atoms with Gasteiger partial charge >= 0.3 is 0 Å². The molecule has 25 heavy (non-hydrogen) atoms. The summed E-state index contributed by atoms with van der Waals surface area (Å²) in [5.74, 6) is 0.269. The van der Waals surface area contributed by atoms with E-state index in [0.29, 0.717) is 16.1 Å². The Morgan fingerprint density at radius 1 is 1.12 bits per heavy atom. The second-order valence-electron chi connectivity index (χ2n) is 5.50. The normalized spacial score (nSPS) is 12.0. The maximum Gasteiger partial charge on any atom is 0.277 e. The lowest BCUT2D eigenvalue weighted by Crippen LogP contribution is -2.22. The number of nitrogens with one attached hydrogen (secondary N) is 1. The highest BCUT2D eigenvalue weighted by Gasteiger charge is 2.19. The summed E-state index contributed by atoms with van der Waals surface area (Å²) in [6.07, 6.45) is 0. The van der Waals surface area contributed by atoms with Crippen LogP contribution < -0.4 is 5.32 Å². The molecule has 1 aromatic heterocycles. The van der Waals surface area contributed by atoms with Crippen molar-refractivity contribution in [2.24, 2.45) is 0 Å². The molecule has 0 fully saturated rings. The van der Waals surface area contributed by atoms with E-state index in [2.05, 4.69) is 15.5 Å². The number of amides is 1. The summed E-state index contributed by atoms with van der Waals surface area (Å²) in [7, 11) is 0. The van der Waals surface area contributed by atoms with Crippen molar-refractivity contribution in [2.75, 3.05) is 5.32 Å². The van der Waals surface area contributed by atoms with Crippen LogP contribution in [-0.2, 0) is 4.79 Å². The number of benzene rings is 2. The molecule has 0 bridgehead atoms. The van der Waals surface area contributed by atoms with E-state index in [0.717, 1.165) is 16.8 Å². The number of carbonyl (C=O) groups is 1. The fourth-order valence-electron chi connectivity index (χ4n) is 2.05. The third kappa shape index (κ3) is 4.61. The number of aromatic nitrogens is 2. The zero-order valence-corrected chi connectivity index (χ0v) is 15.3. The number of rotatable bonds is 5. The molecule has 1 heterocycles. The third-order valence-corrected chi connectivity index (χ3v) is 4.65. The van der Waals surface area contributed by atoms with Crippen LogP contribution in [0.1, 0.15) is 12.5 Å². The number of hydrogen-bond donors (Lipinski definition) is 1. The van der Waals surface area contributed by atoms with Crippen molar-refractivity contribution in [1.29, 1.82) is 0 Å². The van der Waals surface area contributed by atoms with Gasteiger partial charge in [-0.25, -0.2) is 0 Å². The summed E-state index contributed by atoms with van der Waals surface area (Å²) < 4.78 is 5.61. The monoisotopic (exact) mass is 373 g/mol. The number of anilines is 1. The lowest BCUT2D eigenvalue weighted by molar-refractivity contribution is -0.115. The Labute approximate surface area is 154 Å². The largest absolute Gasteiger partial charge is 0.411 e. The maximum atomic E-state index is 12.3. The number of nitrogens with zero attached hydrogens (tertiary/aromatic N) is 2. The molecule has 0 aliphatic heterocycles. The Bertz CT molecular complexity index is 863. The van der Waals surface area contributed by atoms with Crippen molar-refractivity contribution in [3.05, 3.63) is 59.1 Å². The first-order valence-electron chi connectivity index (χ1n) is 7.65. The Hall–Kier alpha value is -2.31. The van der Waals surface area contributed by atoms with E-state index < -0.39 is 0 Å². The fraction of sp³-hybridized carbons (Fsp3) is 0.167. The molecule has 0 radical (unpaired) electrons. The van der Waals surface area contributed by atoms with Gasteiger partial charge in [0, 0.05) is 16.3 Å². The van der Waals surface area contributed by atoms with Gasteiger partial charge in [0.2, 0.25) is 11.8 Å². The molecule has 0 unspecified atom stereocenters. The second-order valence-corrected chi connectivity index (χ2v) is 7.22. The molecular weight excluding hydrogens is 358 g/mol. The summed E-state index contributed by atoms with van der Waals surface area (Å²) in [4.78, 5) is 12.3. The summed E-state index contributed by atoms with van der Waals surface area (Å²) in [6.45, 7) is 3.79. The molecule has 1 amide bonds. The van der Waals surface area contributed by atoms with E-state index in [1.807, 2.05) is 31.2 Å². The second kappa shape index (κ2) is 7.72. The minimum Gasteiger partial charge on any atom is -0.411 e. The van der Waals surface area contributed by atoms with E-state index in [4.69, 9.17) is 16.0 Å². The summed E-state index contributed by atoms with van der Waals surface area (Å²) in [5.41, 5.74) is 2.68. The van der Waals surface area contributed by atoms with Crippen LogP contribution in [0, 0.1) is 6.92 Å². The highest BCUT2D eigenvalue weighted by molar-refractivity contribution is 8.00. The number of thioether (sulfide) groups is 1. The lowest BCUT2D eigenvalue weighted by atomic mass is 10.2. The van der Waals surface area contributed by atoms with Crippen molar-refractivity contribution in [2.45, 2.75) is 24.3 Å². The summed E-state index contributed by atoms with van der Waals surface area (Å²) in [6, 6.07) is 14.8.